The van der Waals surface area contributed by atoms with Crippen LogP contribution in [-0.2, 0) is 0 Å². The zero-order valence-corrected chi connectivity index (χ0v) is 13.0. The van der Waals surface area contributed by atoms with E-state index in [-0.39, 0.29) is 0 Å². The summed E-state index contributed by atoms with van der Waals surface area (Å²) < 4.78 is 0. The Balaban J connectivity index is 1.41. The number of unbranched alkanes of at least 4 members (excludes halogenated alkanes) is 3. The van der Waals surface area contributed by atoms with Crippen molar-refractivity contribution in [1.82, 2.24) is 10.2 Å². The van der Waals surface area contributed by atoms with Crippen LogP contribution in [0.5, 0.6) is 0 Å². The Labute approximate surface area is 120 Å². The molecule has 1 heterocycles. The lowest BCUT2D eigenvalue weighted by Gasteiger charge is -2.19. The third kappa shape index (κ3) is 6.76. The molecule has 2 nitrogen and oxygen atoms in total. The maximum absolute atomic E-state index is 3.61. The van der Waals surface area contributed by atoms with Crippen molar-refractivity contribution in [3.8, 4) is 0 Å². The average Bonchev–Trinajstić information content (AvgIpc) is 3.24. The number of nitrogens with zero attached hydrogens (tertiary/aromatic N) is 1. The summed E-state index contributed by atoms with van der Waals surface area (Å²) in [7, 11) is 0. The zero-order valence-electron chi connectivity index (χ0n) is 13.0. The molecule has 0 amide bonds. The van der Waals surface area contributed by atoms with E-state index in [2.05, 4.69) is 17.1 Å². The summed E-state index contributed by atoms with van der Waals surface area (Å²) in [5.41, 5.74) is 0. The second kappa shape index (κ2) is 8.97. The molecule has 2 fully saturated rings. The van der Waals surface area contributed by atoms with Gasteiger partial charge in [0, 0.05) is 6.04 Å². The molecule has 1 saturated carbocycles. The molecule has 0 spiro atoms. The molecule has 1 unspecified atom stereocenters. The van der Waals surface area contributed by atoms with E-state index in [1.54, 1.807) is 0 Å². The second-order valence-corrected chi connectivity index (χ2v) is 6.69. The van der Waals surface area contributed by atoms with Crippen molar-refractivity contribution in [3.63, 3.8) is 0 Å². The molecule has 2 rings (SSSR count). The molecule has 2 aliphatic rings. The van der Waals surface area contributed by atoms with Crippen molar-refractivity contribution < 1.29 is 0 Å². The van der Waals surface area contributed by atoms with Gasteiger partial charge in [0.05, 0.1) is 0 Å². The van der Waals surface area contributed by atoms with Crippen LogP contribution in [0.4, 0.5) is 0 Å². The van der Waals surface area contributed by atoms with E-state index < -0.39 is 0 Å². The maximum atomic E-state index is 3.61. The summed E-state index contributed by atoms with van der Waals surface area (Å²) in [4.78, 5) is 2.72. The predicted octanol–water partition coefficient (Wildman–Crippen LogP) is 3.81. The highest BCUT2D eigenvalue weighted by molar-refractivity contribution is 4.80. The Morgan fingerprint density at radius 3 is 2.58 bits per heavy atom. The fraction of sp³-hybridized carbons (Fsp3) is 1.00. The van der Waals surface area contributed by atoms with E-state index in [0.717, 1.165) is 12.0 Å². The molecule has 19 heavy (non-hydrogen) atoms. The maximum Gasteiger partial charge on any atom is 0.00682 e. The van der Waals surface area contributed by atoms with Gasteiger partial charge in [-0.05, 0) is 77.0 Å². The Kier molecular flexibility index (Phi) is 7.23. The second-order valence-electron chi connectivity index (χ2n) is 6.69. The summed E-state index contributed by atoms with van der Waals surface area (Å²) in [6.07, 6.45) is 14.2. The zero-order chi connectivity index (χ0) is 13.3. The summed E-state index contributed by atoms with van der Waals surface area (Å²) in [5, 5.41) is 3.61. The number of nitrogens with one attached hydrogen (secondary N) is 1. The highest BCUT2D eigenvalue weighted by Gasteiger charge is 2.19. The lowest BCUT2D eigenvalue weighted by Crippen LogP contribution is -2.26. The van der Waals surface area contributed by atoms with Gasteiger partial charge in [0.2, 0.25) is 0 Å². The van der Waals surface area contributed by atoms with Gasteiger partial charge in [0.25, 0.3) is 0 Å². The largest absolute Gasteiger partial charge is 0.314 e. The smallest absolute Gasteiger partial charge is 0.00682 e. The molecule has 0 radical (unpaired) electrons. The normalized spacial score (nSPS) is 25.4. The quantitative estimate of drug-likeness (QED) is 0.638. The van der Waals surface area contributed by atoms with Crippen molar-refractivity contribution in [3.05, 3.63) is 0 Å². The number of hydrogen-bond acceptors (Lipinski definition) is 2. The van der Waals surface area contributed by atoms with E-state index in [0.29, 0.717) is 0 Å². The highest BCUT2D eigenvalue weighted by Crippen LogP contribution is 2.20. The third-order valence-electron chi connectivity index (χ3n) is 4.93. The monoisotopic (exact) mass is 266 g/mol. The molecular weight excluding hydrogens is 232 g/mol. The van der Waals surface area contributed by atoms with Crippen molar-refractivity contribution in [2.45, 2.75) is 77.2 Å². The number of hydrogen-bond donors (Lipinski definition) is 1. The van der Waals surface area contributed by atoms with Crippen LogP contribution in [0, 0.1) is 5.92 Å². The number of likely N-dealkylation sites (tertiary alicyclic amines) is 1. The van der Waals surface area contributed by atoms with Gasteiger partial charge in [-0.15, -0.1) is 0 Å². The molecule has 112 valence electrons. The molecule has 0 aromatic rings. The third-order valence-corrected chi connectivity index (χ3v) is 4.93. The van der Waals surface area contributed by atoms with Gasteiger partial charge < -0.3 is 10.2 Å². The topological polar surface area (TPSA) is 15.3 Å². The molecular formula is C17H34N2. The summed E-state index contributed by atoms with van der Waals surface area (Å²) in [6, 6.07) is 0.892. The van der Waals surface area contributed by atoms with Crippen molar-refractivity contribution in [2.75, 3.05) is 26.2 Å². The van der Waals surface area contributed by atoms with Crippen LogP contribution < -0.4 is 5.32 Å². The van der Waals surface area contributed by atoms with Crippen LogP contribution in [0.1, 0.15) is 71.1 Å². The van der Waals surface area contributed by atoms with Gasteiger partial charge >= 0.3 is 0 Å². The summed E-state index contributed by atoms with van der Waals surface area (Å²) in [6.45, 7) is 7.69. The minimum atomic E-state index is 0.892. The van der Waals surface area contributed by atoms with Crippen LogP contribution in [0.15, 0.2) is 0 Å². The molecule has 0 aromatic carbocycles. The first kappa shape index (κ1) is 15.3. The average molecular weight is 266 g/mol. The van der Waals surface area contributed by atoms with Gasteiger partial charge in [-0.1, -0.05) is 26.2 Å². The van der Waals surface area contributed by atoms with Crippen LogP contribution >= 0.6 is 0 Å². The van der Waals surface area contributed by atoms with E-state index in [1.807, 2.05) is 0 Å². The molecule has 2 heteroatoms. The molecule has 1 atom stereocenters. The van der Waals surface area contributed by atoms with Gasteiger partial charge in [-0.25, -0.2) is 0 Å². The lowest BCUT2D eigenvalue weighted by molar-refractivity contribution is 0.273. The number of rotatable bonds is 9. The Morgan fingerprint density at radius 2 is 1.79 bits per heavy atom. The van der Waals surface area contributed by atoms with E-state index in [4.69, 9.17) is 0 Å². The SMILES string of the molecule is CCC1CCCN(CCCCCCNC2CC2)CC1. The lowest BCUT2D eigenvalue weighted by atomic mass is 9.98. The van der Waals surface area contributed by atoms with Crippen LogP contribution in [0.25, 0.3) is 0 Å². The Hall–Kier alpha value is -0.0800. The first-order valence-electron chi connectivity index (χ1n) is 8.84. The molecule has 1 aliphatic carbocycles. The van der Waals surface area contributed by atoms with E-state index in [9.17, 15) is 0 Å². The van der Waals surface area contributed by atoms with E-state index >= 15 is 0 Å². The minimum Gasteiger partial charge on any atom is -0.314 e. The Bertz CT molecular complexity index is 225. The first-order valence-corrected chi connectivity index (χ1v) is 8.84. The van der Waals surface area contributed by atoms with Gasteiger partial charge in [-0.3, -0.25) is 0 Å². The minimum absolute atomic E-state index is 0.892. The van der Waals surface area contributed by atoms with Crippen LogP contribution in [0.3, 0.4) is 0 Å². The highest BCUT2D eigenvalue weighted by atomic mass is 15.1. The van der Waals surface area contributed by atoms with Gasteiger partial charge in [-0.2, -0.15) is 0 Å². The fourth-order valence-electron chi connectivity index (χ4n) is 3.26. The predicted molar refractivity (Wildman–Crippen MR) is 83.6 cm³/mol. The molecule has 0 aromatic heterocycles. The Morgan fingerprint density at radius 1 is 0.947 bits per heavy atom. The van der Waals surface area contributed by atoms with Crippen LogP contribution in [0.2, 0.25) is 0 Å². The van der Waals surface area contributed by atoms with Crippen molar-refractivity contribution in [1.29, 1.82) is 0 Å². The van der Waals surface area contributed by atoms with E-state index in [1.165, 1.54) is 90.4 Å². The molecule has 1 saturated heterocycles. The molecule has 1 N–H and O–H groups in total. The van der Waals surface area contributed by atoms with Crippen molar-refractivity contribution in [2.24, 2.45) is 5.92 Å². The standard InChI is InChI=1S/C17H34N2/c1-2-16-8-7-14-19(15-11-16)13-6-4-3-5-12-18-17-9-10-17/h16-18H,2-15H2,1H3. The summed E-state index contributed by atoms with van der Waals surface area (Å²) >= 11 is 0. The molecule has 1 aliphatic heterocycles. The summed E-state index contributed by atoms with van der Waals surface area (Å²) in [5.74, 6) is 1.01. The molecule has 0 bridgehead atoms. The van der Waals surface area contributed by atoms with Crippen molar-refractivity contribution >= 4 is 0 Å². The van der Waals surface area contributed by atoms with Gasteiger partial charge in [0.1, 0.15) is 0 Å². The van der Waals surface area contributed by atoms with Crippen LogP contribution in [-0.4, -0.2) is 37.1 Å². The fourth-order valence-corrected chi connectivity index (χ4v) is 3.26. The first-order chi connectivity index (χ1) is 9.38. The van der Waals surface area contributed by atoms with Gasteiger partial charge in [0.15, 0.2) is 0 Å².